The van der Waals surface area contributed by atoms with Gasteiger partial charge < -0.3 is 10.2 Å². The number of unbranched alkanes of at least 4 members (excludes halogenated alkanes) is 1. The molecular weight excluding hydrogens is 283 g/mol. The highest BCUT2D eigenvalue weighted by Gasteiger charge is 2.17. The smallest absolute Gasteiger partial charge is 0.256 e. The van der Waals surface area contributed by atoms with Crippen LogP contribution in [0.2, 0.25) is 5.02 Å². The van der Waals surface area contributed by atoms with E-state index in [0.717, 1.165) is 18.9 Å². The lowest BCUT2D eigenvalue weighted by molar-refractivity contribution is -0.128. The second-order valence-corrected chi connectivity index (χ2v) is 4.86. The third-order valence-corrected chi connectivity index (χ3v) is 3.18. The number of carbonyl (C=O) groups excluding carboxylic acids is 2. The summed E-state index contributed by atoms with van der Waals surface area (Å²) in [5, 5.41) is 2.41. The normalized spacial score (nSPS) is 10.2. The van der Waals surface area contributed by atoms with Crippen molar-refractivity contribution in [3.05, 3.63) is 34.6 Å². The summed E-state index contributed by atoms with van der Waals surface area (Å²) in [5.41, 5.74) is -0.238. The summed E-state index contributed by atoms with van der Waals surface area (Å²) < 4.78 is 13.5. The van der Waals surface area contributed by atoms with Crippen LogP contribution in [0.4, 0.5) is 4.39 Å². The number of hydrogen-bond donors (Lipinski definition) is 1. The van der Waals surface area contributed by atoms with Crippen LogP contribution in [-0.4, -0.2) is 36.9 Å². The molecule has 1 N–H and O–H groups in total. The highest BCUT2D eigenvalue weighted by molar-refractivity contribution is 6.33. The zero-order valence-corrected chi connectivity index (χ0v) is 12.3. The van der Waals surface area contributed by atoms with Gasteiger partial charge in [-0.2, -0.15) is 0 Å². The number of benzene rings is 1. The van der Waals surface area contributed by atoms with E-state index in [-0.39, 0.29) is 23.0 Å². The average molecular weight is 301 g/mol. The van der Waals surface area contributed by atoms with Crippen LogP contribution in [0.1, 0.15) is 30.1 Å². The second-order valence-electron chi connectivity index (χ2n) is 4.45. The third kappa shape index (κ3) is 4.49. The molecule has 2 amide bonds. The molecule has 0 bridgehead atoms. The van der Waals surface area contributed by atoms with E-state index in [4.69, 9.17) is 11.6 Å². The Hall–Kier alpha value is -1.62. The van der Waals surface area contributed by atoms with Crippen LogP contribution in [0, 0.1) is 5.82 Å². The number of amides is 2. The number of hydrogen-bond acceptors (Lipinski definition) is 2. The molecule has 4 nitrogen and oxygen atoms in total. The Balaban J connectivity index is 2.57. The first-order valence-corrected chi connectivity index (χ1v) is 6.81. The van der Waals surface area contributed by atoms with Gasteiger partial charge >= 0.3 is 0 Å². The summed E-state index contributed by atoms with van der Waals surface area (Å²) in [4.78, 5) is 25.1. The number of nitrogens with one attached hydrogen (secondary N) is 1. The zero-order valence-electron chi connectivity index (χ0n) is 11.6. The SMILES string of the molecule is CCCCN(C)C(=O)CNC(=O)c1c(F)cccc1Cl. The molecule has 0 aliphatic heterocycles. The van der Waals surface area contributed by atoms with Crippen LogP contribution in [-0.2, 0) is 4.79 Å². The van der Waals surface area contributed by atoms with Crippen LogP contribution in [0.5, 0.6) is 0 Å². The number of carbonyl (C=O) groups is 2. The highest BCUT2D eigenvalue weighted by atomic mass is 35.5. The summed E-state index contributed by atoms with van der Waals surface area (Å²) in [6, 6.07) is 3.99. The molecule has 1 aromatic carbocycles. The van der Waals surface area contributed by atoms with Crippen LogP contribution >= 0.6 is 11.6 Å². The summed E-state index contributed by atoms with van der Waals surface area (Å²) >= 11 is 5.77. The molecule has 0 saturated heterocycles. The van der Waals surface area contributed by atoms with E-state index in [1.807, 2.05) is 6.92 Å². The Morgan fingerprint density at radius 2 is 2.10 bits per heavy atom. The summed E-state index contributed by atoms with van der Waals surface area (Å²) in [7, 11) is 1.67. The van der Waals surface area contributed by atoms with E-state index in [1.165, 1.54) is 17.0 Å². The molecule has 1 rings (SSSR count). The predicted molar refractivity (Wildman–Crippen MR) is 76.3 cm³/mol. The molecule has 0 radical (unpaired) electrons. The van der Waals surface area contributed by atoms with Crippen molar-refractivity contribution >= 4 is 23.4 Å². The molecule has 0 fully saturated rings. The quantitative estimate of drug-likeness (QED) is 0.877. The summed E-state index contributed by atoms with van der Waals surface area (Å²) in [5.74, 6) is -1.62. The Kier molecular flexibility index (Phi) is 6.45. The summed E-state index contributed by atoms with van der Waals surface area (Å²) in [6.07, 6.45) is 1.88. The van der Waals surface area contributed by atoms with Crippen molar-refractivity contribution < 1.29 is 14.0 Å². The maximum absolute atomic E-state index is 13.5. The number of nitrogens with zero attached hydrogens (tertiary/aromatic N) is 1. The van der Waals surface area contributed by atoms with Crippen molar-refractivity contribution in [3.8, 4) is 0 Å². The lowest BCUT2D eigenvalue weighted by atomic mass is 10.2. The Bertz CT molecular complexity index is 474. The number of halogens is 2. The van der Waals surface area contributed by atoms with E-state index in [2.05, 4.69) is 5.32 Å². The summed E-state index contributed by atoms with van der Waals surface area (Å²) in [6.45, 7) is 2.48. The van der Waals surface area contributed by atoms with Gasteiger partial charge in [-0.1, -0.05) is 31.0 Å². The van der Waals surface area contributed by atoms with Gasteiger partial charge in [0, 0.05) is 13.6 Å². The van der Waals surface area contributed by atoms with Crippen molar-refractivity contribution in [2.75, 3.05) is 20.1 Å². The average Bonchev–Trinajstić information content (AvgIpc) is 2.41. The van der Waals surface area contributed by atoms with Gasteiger partial charge in [-0.3, -0.25) is 9.59 Å². The fraction of sp³-hybridized carbons (Fsp3) is 0.429. The van der Waals surface area contributed by atoms with E-state index < -0.39 is 11.7 Å². The van der Waals surface area contributed by atoms with Crippen LogP contribution in [0.25, 0.3) is 0 Å². The lowest BCUT2D eigenvalue weighted by Crippen LogP contribution is -2.38. The van der Waals surface area contributed by atoms with Crippen molar-refractivity contribution in [2.45, 2.75) is 19.8 Å². The van der Waals surface area contributed by atoms with Gasteiger partial charge in [0.25, 0.3) is 5.91 Å². The van der Waals surface area contributed by atoms with Crippen LogP contribution in [0.3, 0.4) is 0 Å². The van der Waals surface area contributed by atoms with Crippen molar-refractivity contribution in [1.29, 1.82) is 0 Å². The number of rotatable bonds is 6. The first-order chi connectivity index (χ1) is 9.47. The van der Waals surface area contributed by atoms with Gasteiger partial charge in [-0.15, -0.1) is 0 Å². The molecule has 110 valence electrons. The molecule has 20 heavy (non-hydrogen) atoms. The van der Waals surface area contributed by atoms with Crippen LogP contribution in [0.15, 0.2) is 18.2 Å². The van der Waals surface area contributed by atoms with Gasteiger partial charge in [-0.05, 0) is 18.6 Å². The first-order valence-electron chi connectivity index (χ1n) is 6.43. The van der Waals surface area contributed by atoms with Crippen molar-refractivity contribution in [2.24, 2.45) is 0 Å². The van der Waals surface area contributed by atoms with Crippen molar-refractivity contribution in [3.63, 3.8) is 0 Å². The molecule has 6 heteroatoms. The molecule has 0 heterocycles. The molecule has 1 aromatic rings. The molecule has 0 saturated carbocycles. The molecule has 0 aliphatic carbocycles. The molecule has 0 aliphatic rings. The Labute approximate surface area is 122 Å². The standard InChI is InChI=1S/C14H18ClFN2O2/c1-3-4-8-18(2)12(19)9-17-14(20)13-10(15)6-5-7-11(13)16/h5-7H,3-4,8-9H2,1-2H3,(H,17,20). The minimum Gasteiger partial charge on any atom is -0.344 e. The fourth-order valence-electron chi connectivity index (χ4n) is 1.61. The molecular formula is C14H18ClFN2O2. The van der Waals surface area contributed by atoms with Gasteiger partial charge in [0.05, 0.1) is 17.1 Å². The minimum atomic E-state index is -0.707. The first kappa shape index (κ1) is 16.4. The fourth-order valence-corrected chi connectivity index (χ4v) is 1.86. The molecule has 0 atom stereocenters. The largest absolute Gasteiger partial charge is 0.344 e. The zero-order chi connectivity index (χ0) is 15.1. The third-order valence-electron chi connectivity index (χ3n) is 2.86. The lowest BCUT2D eigenvalue weighted by Gasteiger charge is -2.17. The Morgan fingerprint density at radius 3 is 2.70 bits per heavy atom. The number of likely N-dealkylation sites (N-methyl/N-ethyl adjacent to an activating group) is 1. The van der Waals surface area contributed by atoms with Crippen molar-refractivity contribution in [1.82, 2.24) is 10.2 Å². The Morgan fingerprint density at radius 1 is 1.40 bits per heavy atom. The predicted octanol–water partition coefficient (Wildman–Crippen LogP) is 2.47. The van der Waals surface area contributed by atoms with Gasteiger partial charge in [-0.25, -0.2) is 4.39 Å². The maximum Gasteiger partial charge on any atom is 0.256 e. The topological polar surface area (TPSA) is 49.4 Å². The van der Waals surface area contributed by atoms with E-state index in [0.29, 0.717) is 6.54 Å². The highest BCUT2D eigenvalue weighted by Crippen LogP contribution is 2.18. The van der Waals surface area contributed by atoms with E-state index in [9.17, 15) is 14.0 Å². The van der Waals surface area contributed by atoms with Gasteiger partial charge in [0.2, 0.25) is 5.91 Å². The molecule has 0 spiro atoms. The van der Waals surface area contributed by atoms with E-state index >= 15 is 0 Å². The molecule has 0 unspecified atom stereocenters. The second kappa shape index (κ2) is 7.85. The minimum absolute atomic E-state index is 0.0225. The van der Waals surface area contributed by atoms with E-state index in [1.54, 1.807) is 7.05 Å². The van der Waals surface area contributed by atoms with Gasteiger partial charge in [0.15, 0.2) is 0 Å². The van der Waals surface area contributed by atoms with Crippen LogP contribution < -0.4 is 5.32 Å². The maximum atomic E-state index is 13.5. The molecule has 0 aromatic heterocycles. The monoisotopic (exact) mass is 300 g/mol. The van der Waals surface area contributed by atoms with Gasteiger partial charge in [0.1, 0.15) is 5.82 Å².